The molecule has 0 bridgehead atoms. The highest BCUT2D eigenvalue weighted by molar-refractivity contribution is 5.06. The number of unbranched alkanes of at least 4 members (excludes halogenated alkanes) is 4. The van der Waals surface area contributed by atoms with Gasteiger partial charge in [-0.1, -0.05) is 59.3 Å². The van der Waals surface area contributed by atoms with E-state index in [1.165, 1.54) is 25.7 Å². The second-order valence-corrected chi connectivity index (χ2v) is 6.43. The lowest BCUT2D eigenvalue weighted by molar-refractivity contribution is -0.0311. The van der Waals surface area contributed by atoms with E-state index in [-0.39, 0.29) is 5.41 Å². The first-order valence-corrected chi connectivity index (χ1v) is 7.80. The highest BCUT2D eigenvalue weighted by atomic mass is 19.3. The van der Waals surface area contributed by atoms with Crippen LogP contribution in [0.4, 0.5) is 8.78 Å². The lowest BCUT2D eigenvalue weighted by Crippen LogP contribution is -2.34. The second-order valence-electron chi connectivity index (χ2n) is 6.43. The van der Waals surface area contributed by atoms with Gasteiger partial charge in [-0.2, -0.15) is 0 Å². The van der Waals surface area contributed by atoms with Crippen molar-refractivity contribution in [1.82, 2.24) is 0 Å². The van der Waals surface area contributed by atoms with Crippen molar-refractivity contribution in [1.29, 1.82) is 0 Å². The maximum Gasteiger partial charge on any atom is 0.244 e. The van der Waals surface area contributed by atoms with E-state index in [0.29, 0.717) is 0 Å². The van der Waals surface area contributed by atoms with Crippen molar-refractivity contribution in [2.75, 3.05) is 0 Å². The minimum atomic E-state index is -2.12. The standard InChI is InChI=1S/C16H30F2/c1-4-6-7-8-9-11-15(3,10-5-2)16(12-13-16)14(17)18/h14H,4-13H2,1-3H3. The minimum absolute atomic E-state index is 0.123. The Labute approximate surface area is 112 Å². The van der Waals surface area contributed by atoms with Crippen LogP contribution in [-0.2, 0) is 0 Å². The van der Waals surface area contributed by atoms with Crippen molar-refractivity contribution in [3.8, 4) is 0 Å². The van der Waals surface area contributed by atoms with Crippen molar-refractivity contribution in [2.45, 2.75) is 91.4 Å². The molecular formula is C16H30F2. The van der Waals surface area contributed by atoms with Gasteiger partial charge in [-0.15, -0.1) is 0 Å². The molecule has 2 heteroatoms. The SMILES string of the molecule is CCCCCCCC(C)(CCC)C1(C(F)F)CC1. The zero-order valence-electron chi connectivity index (χ0n) is 12.4. The molecule has 0 radical (unpaired) electrons. The molecule has 0 saturated heterocycles. The van der Waals surface area contributed by atoms with Crippen LogP contribution < -0.4 is 0 Å². The van der Waals surface area contributed by atoms with Crippen LogP contribution in [0.25, 0.3) is 0 Å². The van der Waals surface area contributed by atoms with E-state index in [1.807, 2.05) is 0 Å². The van der Waals surface area contributed by atoms with E-state index < -0.39 is 11.8 Å². The molecule has 0 aromatic rings. The summed E-state index contributed by atoms with van der Waals surface area (Å²) in [6, 6.07) is 0. The lowest BCUT2D eigenvalue weighted by Gasteiger charge is -2.38. The molecule has 1 rings (SSSR count). The van der Waals surface area contributed by atoms with Crippen LogP contribution in [0, 0.1) is 10.8 Å². The van der Waals surface area contributed by atoms with Gasteiger partial charge in [-0.3, -0.25) is 0 Å². The molecule has 18 heavy (non-hydrogen) atoms. The topological polar surface area (TPSA) is 0 Å². The summed E-state index contributed by atoms with van der Waals surface area (Å²) in [6.45, 7) is 6.45. The summed E-state index contributed by atoms with van der Waals surface area (Å²) in [5, 5.41) is 0. The highest BCUT2D eigenvalue weighted by Crippen LogP contribution is 2.65. The van der Waals surface area contributed by atoms with Crippen LogP contribution in [0.15, 0.2) is 0 Å². The van der Waals surface area contributed by atoms with Gasteiger partial charge in [0.25, 0.3) is 0 Å². The molecule has 0 nitrogen and oxygen atoms in total. The van der Waals surface area contributed by atoms with E-state index >= 15 is 0 Å². The van der Waals surface area contributed by atoms with E-state index in [0.717, 1.165) is 38.5 Å². The molecule has 1 aliphatic carbocycles. The van der Waals surface area contributed by atoms with Gasteiger partial charge < -0.3 is 0 Å². The van der Waals surface area contributed by atoms with Gasteiger partial charge in [0.1, 0.15) is 0 Å². The Morgan fingerprint density at radius 1 is 0.944 bits per heavy atom. The van der Waals surface area contributed by atoms with Gasteiger partial charge in [0.05, 0.1) is 0 Å². The fourth-order valence-corrected chi connectivity index (χ4v) is 3.51. The van der Waals surface area contributed by atoms with Crippen LogP contribution in [-0.4, -0.2) is 6.43 Å². The van der Waals surface area contributed by atoms with Crippen LogP contribution in [0.5, 0.6) is 0 Å². The summed E-state index contributed by atoms with van der Waals surface area (Å²) in [6.07, 6.45) is 8.49. The molecule has 1 fully saturated rings. The van der Waals surface area contributed by atoms with E-state index in [9.17, 15) is 8.78 Å². The van der Waals surface area contributed by atoms with Gasteiger partial charge in [-0.05, 0) is 31.1 Å². The molecule has 0 aliphatic heterocycles. The summed E-state index contributed by atoms with van der Waals surface area (Å²) in [5.74, 6) is 0. The number of halogens is 2. The fraction of sp³-hybridized carbons (Fsp3) is 1.00. The smallest absolute Gasteiger partial charge is 0.210 e. The third-order valence-corrected chi connectivity index (χ3v) is 5.04. The number of alkyl halides is 2. The number of rotatable bonds is 10. The lowest BCUT2D eigenvalue weighted by atomic mass is 9.68. The summed E-state index contributed by atoms with van der Waals surface area (Å²) in [4.78, 5) is 0. The molecule has 0 amide bonds. The zero-order valence-corrected chi connectivity index (χ0v) is 12.4. The molecule has 1 saturated carbocycles. The quantitative estimate of drug-likeness (QED) is 0.410. The fourth-order valence-electron chi connectivity index (χ4n) is 3.51. The first kappa shape index (κ1) is 15.9. The van der Waals surface area contributed by atoms with E-state index in [1.54, 1.807) is 0 Å². The molecule has 0 N–H and O–H groups in total. The normalized spacial score (nSPS) is 21.0. The number of hydrogen-bond donors (Lipinski definition) is 0. The van der Waals surface area contributed by atoms with Crippen LogP contribution >= 0.6 is 0 Å². The van der Waals surface area contributed by atoms with E-state index in [2.05, 4.69) is 20.8 Å². The second kappa shape index (κ2) is 6.86. The first-order chi connectivity index (χ1) is 8.52. The monoisotopic (exact) mass is 260 g/mol. The Hall–Kier alpha value is -0.140. The highest BCUT2D eigenvalue weighted by Gasteiger charge is 2.61. The van der Waals surface area contributed by atoms with Gasteiger partial charge in [0.15, 0.2) is 0 Å². The predicted octanol–water partition coefficient (Wildman–Crippen LogP) is 6.20. The zero-order chi connectivity index (χ0) is 13.6. The molecule has 1 aliphatic rings. The average Bonchev–Trinajstić information content (AvgIpc) is 3.10. The molecule has 0 spiro atoms. The summed E-state index contributed by atoms with van der Waals surface area (Å²) in [5.41, 5.74) is -0.754. The third kappa shape index (κ3) is 3.45. The van der Waals surface area contributed by atoms with Crippen molar-refractivity contribution in [3.63, 3.8) is 0 Å². The molecular weight excluding hydrogens is 230 g/mol. The minimum Gasteiger partial charge on any atom is -0.210 e. The van der Waals surface area contributed by atoms with Crippen molar-refractivity contribution in [3.05, 3.63) is 0 Å². The van der Waals surface area contributed by atoms with Gasteiger partial charge in [-0.25, -0.2) is 8.78 Å². The van der Waals surface area contributed by atoms with Crippen molar-refractivity contribution in [2.24, 2.45) is 10.8 Å². The van der Waals surface area contributed by atoms with Gasteiger partial charge in [0.2, 0.25) is 6.43 Å². The first-order valence-electron chi connectivity index (χ1n) is 7.80. The molecule has 0 heterocycles. The Kier molecular flexibility index (Phi) is 6.07. The molecule has 0 aromatic heterocycles. The van der Waals surface area contributed by atoms with Crippen LogP contribution in [0.3, 0.4) is 0 Å². The molecule has 1 atom stereocenters. The predicted molar refractivity (Wildman–Crippen MR) is 74.1 cm³/mol. The Balaban J connectivity index is 2.48. The number of hydrogen-bond acceptors (Lipinski definition) is 0. The summed E-state index contributed by atoms with van der Waals surface area (Å²) < 4.78 is 26.6. The summed E-state index contributed by atoms with van der Waals surface area (Å²) in [7, 11) is 0. The maximum atomic E-state index is 13.3. The van der Waals surface area contributed by atoms with Gasteiger partial charge >= 0.3 is 0 Å². The van der Waals surface area contributed by atoms with Gasteiger partial charge in [0, 0.05) is 5.41 Å². The van der Waals surface area contributed by atoms with Crippen molar-refractivity contribution >= 4 is 0 Å². The Bertz CT molecular complexity index is 233. The van der Waals surface area contributed by atoms with E-state index in [4.69, 9.17) is 0 Å². The summed E-state index contributed by atoms with van der Waals surface area (Å²) >= 11 is 0. The Morgan fingerprint density at radius 2 is 1.56 bits per heavy atom. The molecule has 1 unspecified atom stereocenters. The molecule has 108 valence electrons. The molecule has 0 aromatic carbocycles. The average molecular weight is 260 g/mol. The Morgan fingerprint density at radius 3 is 2.00 bits per heavy atom. The largest absolute Gasteiger partial charge is 0.244 e. The third-order valence-electron chi connectivity index (χ3n) is 5.04. The van der Waals surface area contributed by atoms with Crippen LogP contribution in [0.2, 0.25) is 0 Å². The van der Waals surface area contributed by atoms with Crippen LogP contribution in [0.1, 0.15) is 85.0 Å². The maximum absolute atomic E-state index is 13.3. The van der Waals surface area contributed by atoms with Crippen molar-refractivity contribution < 1.29 is 8.78 Å².